The molecule has 6 nitrogen and oxygen atoms in total. The van der Waals surface area contributed by atoms with Gasteiger partial charge in [-0.2, -0.15) is 0 Å². The van der Waals surface area contributed by atoms with E-state index in [1.807, 2.05) is 9.47 Å². The number of likely N-dealkylation sites (tertiary alicyclic amines) is 1. The third-order valence-electron chi connectivity index (χ3n) is 5.51. The minimum absolute atomic E-state index is 0.00415. The average molecular weight is 330 g/mol. The molecule has 0 atom stereocenters. The van der Waals surface area contributed by atoms with Crippen molar-refractivity contribution in [3.05, 3.63) is 17.2 Å². The molecule has 2 amide bonds. The van der Waals surface area contributed by atoms with Gasteiger partial charge in [-0.25, -0.2) is 4.98 Å². The van der Waals surface area contributed by atoms with E-state index in [1.54, 1.807) is 0 Å². The summed E-state index contributed by atoms with van der Waals surface area (Å²) in [4.78, 5) is 31.9. The number of hydrogen-bond donors (Lipinski definition) is 1. The first-order valence-electron chi connectivity index (χ1n) is 9.33. The van der Waals surface area contributed by atoms with Crippen LogP contribution in [-0.2, 0) is 13.0 Å². The molecule has 1 saturated heterocycles. The summed E-state index contributed by atoms with van der Waals surface area (Å²) in [6.45, 7) is 4.63. The Morgan fingerprint density at radius 2 is 1.83 bits per heavy atom. The number of piperidine rings is 1. The summed E-state index contributed by atoms with van der Waals surface area (Å²) in [5.74, 6) is 1.05. The molecule has 1 aromatic heterocycles. The molecule has 3 heterocycles. The Morgan fingerprint density at radius 1 is 1.08 bits per heavy atom. The molecule has 2 fully saturated rings. The van der Waals surface area contributed by atoms with Crippen LogP contribution >= 0.6 is 0 Å². The van der Waals surface area contributed by atoms with Crippen molar-refractivity contribution in [3.63, 3.8) is 0 Å². The lowest BCUT2D eigenvalue weighted by Gasteiger charge is -2.30. The molecule has 1 aliphatic carbocycles. The molecule has 3 aliphatic rings. The number of nitrogens with one attached hydrogen (secondary N) is 1. The van der Waals surface area contributed by atoms with Crippen LogP contribution in [0.2, 0.25) is 0 Å². The summed E-state index contributed by atoms with van der Waals surface area (Å²) in [5.41, 5.74) is 1.43. The van der Waals surface area contributed by atoms with Gasteiger partial charge in [0, 0.05) is 25.7 Å². The number of imidazole rings is 1. The minimum atomic E-state index is -0.102. The first-order valence-corrected chi connectivity index (χ1v) is 9.33. The van der Waals surface area contributed by atoms with Crippen LogP contribution in [-0.4, -0.2) is 45.4 Å². The molecule has 1 aromatic rings. The first-order chi connectivity index (χ1) is 11.6. The maximum absolute atomic E-state index is 13.0. The van der Waals surface area contributed by atoms with Gasteiger partial charge in [-0.1, -0.05) is 6.92 Å². The molecule has 1 saturated carbocycles. The maximum Gasteiger partial charge on any atom is 0.289 e. The lowest BCUT2D eigenvalue weighted by molar-refractivity contribution is 0.0678. The Kier molecular flexibility index (Phi) is 4.06. The van der Waals surface area contributed by atoms with Gasteiger partial charge in [0.1, 0.15) is 5.69 Å². The highest BCUT2D eigenvalue weighted by molar-refractivity contribution is 5.97. The third kappa shape index (κ3) is 2.94. The monoisotopic (exact) mass is 330 g/mol. The van der Waals surface area contributed by atoms with Gasteiger partial charge in [0.25, 0.3) is 11.8 Å². The van der Waals surface area contributed by atoms with Crippen LogP contribution in [0, 0.1) is 5.92 Å². The van der Waals surface area contributed by atoms with Gasteiger partial charge in [0.2, 0.25) is 0 Å². The Labute approximate surface area is 142 Å². The number of aromatic nitrogens is 2. The fourth-order valence-electron chi connectivity index (χ4n) is 3.72. The predicted molar refractivity (Wildman–Crippen MR) is 90.0 cm³/mol. The van der Waals surface area contributed by atoms with Crippen LogP contribution in [0.5, 0.6) is 0 Å². The highest BCUT2D eigenvalue weighted by Crippen LogP contribution is 2.25. The number of fused-ring (bicyclic) bond motifs is 1. The van der Waals surface area contributed by atoms with Crippen molar-refractivity contribution < 1.29 is 9.59 Å². The van der Waals surface area contributed by atoms with Crippen molar-refractivity contribution in [2.24, 2.45) is 5.92 Å². The largest absolute Gasteiger partial charge is 0.348 e. The van der Waals surface area contributed by atoms with Gasteiger partial charge in [-0.3, -0.25) is 9.59 Å². The normalized spacial score (nSPS) is 21.5. The number of hydrogen-bond acceptors (Lipinski definition) is 3. The van der Waals surface area contributed by atoms with E-state index in [-0.39, 0.29) is 11.8 Å². The second-order valence-electron chi connectivity index (χ2n) is 7.56. The Bertz CT molecular complexity index is 654. The lowest BCUT2D eigenvalue weighted by atomic mass is 9.99. The van der Waals surface area contributed by atoms with E-state index in [4.69, 9.17) is 0 Å². The smallest absolute Gasteiger partial charge is 0.289 e. The Hall–Kier alpha value is -1.85. The summed E-state index contributed by atoms with van der Waals surface area (Å²) in [5, 5.41) is 3.02. The molecule has 0 aromatic carbocycles. The molecule has 1 N–H and O–H groups in total. The summed E-state index contributed by atoms with van der Waals surface area (Å²) in [6.07, 6.45) is 7.15. The second-order valence-corrected chi connectivity index (χ2v) is 7.56. The first kappa shape index (κ1) is 15.7. The van der Waals surface area contributed by atoms with Gasteiger partial charge >= 0.3 is 0 Å². The van der Waals surface area contributed by atoms with Gasteiger partial charge < -0.3 is 14.8 Å². The topological polar surface area (TPSA) is 67.2 Å². The van der Waals surface area contributed by atoms with E-state index >= 15 is 0 Å². The van der Waals surface area contributed by atoms with Crippen molar-refractivity contribution in [1.82, 2.24) is 19.8 Å². The van der Waals surface area contributed by atoms with Crippen LogP contribution in [0.25, 0.3) is 0 Å². The van der Waals surface area contributed by atoms with Crippen molar-refractivity contribution in [2.45, 2.75) is 64.5 Å². The van der Waals surface area contributed by atoms with Gasteiger partial charge in [0.15, 0.2) is 5.82 Å². The van der Waals surface area contributed by atoms with Crippen LogP contribution in [0.4, 0.5) is 0 Å². The van der Waals surface area contributed by atoms with Gasteiger partial charge in [-0.05, 0) is 50.9 Å². The molecule has 6 heteroatoms. The SMILES string of the molecule is CC1CCN(C(=O)c2nc(C(=O)NC3CC3)c3n2CCCC3)CC1. The third-order valence-corrected chi connectivity index (χ3v) is 5.51. The number of rotatable bonds is 3. The van der Waals surface area contributed by atoms with Crippen molar-refractivity contribution in [2.75, 3.05) is 13.1 Å². The summed E-state index contributed by atoms with van der Waals surface area (Å²) < 4.78 is 2.01. The van der Waals surface area contributed by atoms with E-state index in [0.717, 1.165) is 70.3 Å². The molecule has 2 aliphatic heterocycles. The van der Waals surface area contributed by atoms with Crippen molar-refractivity contribution in [1.29, 1.82) is 0 Å². The molecule has 130 valence electrons. The fourth-order valence-corrected chi connectivity index (χ4v) is 3.72. The number of nitrogens with zero attached hydrogens (tertiary/aromatic N) is 3. The Balaban J connectivity index is 1.61. The summed E-state index contributed by atoms with van der Waals surface area (Å²) in [6, 6.07) is 0.307. The maximum atomic E-state index is 13.0. The van der Waals surface area contributed by atoms with Gasteiger partial charge in [0.05, 0.1) is 5.69 Å². The molecular weight excluding hydrogens is 304 g/mol. The van der Waals surface area contributed by atoms with E-state index in [9.17, 15) is 9.59 Å². The molecular formula is C18H26N4O2. The second kappa shape index (κ2) is 6.22. The number of carbonyl (C=O) groups is 2. The van der Waals surface area contributed by atoms with E-state index in [2.05, 4.69) is 17.2 Å². The predicted octanol–water partition coefficient (Wildman–Crippen LogP) is 1.98. The zero-order chi connectivity index (χ0) is 16.7. The number of carbonyl (C=O) groups excluding carboxylic acids is 2. The molecule has 0 spiro atoms. The lowest BCUT2D eigenvalue weighted by Crippen LogP contribution is -2.39. The van der Waals surface area contributed by atoms with Gasteiger partial charge in [-0.15, -0.1) is 0 Å². The zero-order valence-corrected chi connectivity index (χ0v) is 14.4. The van der Waals surface area contributed by atoms with E-state index < -0.39 is 0 Å². The standard InChI is InChI=1S/C18H26N4O2/c1-12-7-10-21(11-8-12)18(24)16-20-15(17(23)19-13-5-6-13)14-4-2-3-9-22(14)16/h12-13H,2-11H2,1H3,(H,19,23). The van der Waals surface area contributed by atoms with Crippen LogP contribution < -0.4 is 5.32 Å². The molecule has 24 heavy (non-hydrogen) atoms. The number of amides is 2. The zero-order valence-electron chi connectivity index (χ0n) is 14.4. The van der Waals surface area contributed by atoms with Crippen LogP contribution in [0.3, 0.4) is 0 Å². The Morgan fingerprint density at radius 3 is 2.54 bits per heavy atom. The highest BCUT2D eigenvalue weighted by atomic mass is 16.2. The van der Waals surface area contributed by atoms with Crippen LogP contribution in [0.15, 0.2) is 0 Å². The fraction of sp³-hybridized carbons (Fsp3) is 0.722. The average Bonchev–Trinajstić information content (AvgIpc) is 3.32. The summed E-state index contributed by atoms with van der Waals surface area (Å²) >= 11 is 0. The summed E-state index contributed by atoms with van der Waals surface area (Å²) in [7, 11) is 0. The minimum Gasteiger partial charge on any atom is -0.348 e. The molecule has 4 rings (SSSR count). The van der Waals surface area contributed by atoms with Crippen molar-refractivity contribution in [3.8, 4) is 0 Å². The van der Waals surface area contributed by atoms with Crippen molar-refractivity contribution >= 4 is 11.8 Å². The quantitative estimate of drug-likeness (QED) is 0.921. The molecule has 0 radical (unpaired) electrons. The molecule has 0 bridgehead atoms. The van der Waals surface area contributed by atoms with E-state index in [1.165, 1.54) is 0 Å². The molecule has 0 unspecified atom stereocenters. The van der Waals surface area contributed by atoms with Crippen LogP contribution in [0.1, 0.15) is 72.3 Å². The van der Waals surface area contributed by atoms with E-state index in [0.29, 0.717) is 23.5 Å². The highest BCUT2D eigenvalue weighted by Gasteiger charge is 2.32.